The molecule has 0 bridgehead atoms. The number of unbranched alkanes of at least 4 members (excludes halogenated alkanes) is 1. The van der Waals surface area contributed by atoms with Crippen LogP contribution >= 0.6 is 40.7 Å². The first-order chi connectivity index (χ1) is 14.5. The lowest BCUT2D eigenvalue weighted by molar-refractivity contribution is -0.406. The van der Waals surface area contributed by atoms with Crippen molar-refractivity contribution in [1.82, 2.24) is 0 Å². The number of halogens is 3. The molecule has 2 aliphatic carbocycles. The molecule has 4 aliphatic rings. The van der Waals surface area contributed by atoms with E-state index in [2.05, 4.69) is 27.0 Å². The van der Waals surface area contributed by atoms with Gasteiger partial charge >= 0.3 is 0 Å². The molecule has 0 saturated carbocycles. The van der Waals surface area contributed by atoms with Crippen molar-refractivity contribution in [2.24, 2.45) is 22.4 Å². The molecule has 0 saturated heterocycles. The number of nitrogens with two attached hydrogens (primary N) is 2. The number of carbonyl (C=O) groups excluding carboxylic acids is 1. The van der Waals surface area contributed by atoms with Crippen LogP contribution in [-0.2, 0) is 11.2 Å². The molecule has 32 heavy (non-hydrogen) atoms. The number of rotatable bonds is 6. The topological polar surface area (TPSA) is 102 Å². The highest BCUT2D eigenvalue weighted by Gasteiger charge is 2.49. The van der Waals surface area contributed by atoms with E-state index < -0.39 is 6.04 Å². The number of fused-ring (bicyclic) bond motifs is 7. The third-order valence-electron chi connectivity index (χ3n) is 6.87. The van der Waals surface area contributed by atoms with Crippen LogP contribution in [0.5, 0.6) is 0 Å². The van der Waals surface area contributed by atoms with Gasteiger partial charge in [-0.3, -0.25) is 4.79 Å². The standard InChI is InChI=1S/C23H26BrN4O2.2ClH/c24-23-18-12-5-3-6-13(12)21-20(15(18)11-27-23)19-14(7-4-9-17(19)28(21)30)22(29)16(26)8-1-2-10-25;;/h5,11,14,16H,1-4,6-10,25-26H2;2*1H/q+1;;/t14?,16-;;/m0../s1. The van der Waals surface area contributed by atoms with Gasteiger partial charge in [0.05, 0.1) is 22.3 Å². The van der Waals surface area contributed by atoms with Crippen LogP contribution in [0.4, 0.5) is 5.69 Å². The van der Waals surface area contributed by atoms with Gasteiger partial charge in [0, 0.05) is 39.5 Å². The second kappa shape index (κ2) is 9.85. The molecule has 9 heteroatoms. The van der Waals surface area contributed by atoms with E-state index in [9.17, 15) is 9.70 Å². The molecule has 0 spiro atoms. The highest BCUT2D eigenvalue weighted by molar-refractivity contribution is 9.14. The number of hydrogen-bond donors (Lipinski definition) is 2. The molecular weight excluding hydrogens is 515 g/mol. The van der Waals surface area contributed by atoms with Gasteiger partial charge < -0.3 is 11.5 Å². The van der Waals surface area contributed by atoms with Crippen molar-refractivity contribution in [3.8, 4) is 0 Å². The molecule has 1 unspecified atom stereocenters. The van der Waals surface area contributed by atoms with Gasteiger partial charge in [0.1, 0.15) is 4.61 Å². The lowest BCUT2D eigenvalue weighted by Gasteiger charge is -2.23. The third kappa shape index (κ3) is 3.72. The minimum absolute atomic E-state index is 0. The predicted octanol–water partition coefficient (Wildman–Crippen LogP) is 3.11. The summed E-state index contributed by atoms with van der Waals surface area (Å²) in [5.41, 5.74) is 17.3. The zero-order valence-electron chi connectivity index (χ0n) is 17.7. The predicted molar refractivity (Wildman–Crippen MR) is 136 cm³/mol. The number of aliphatic imine (C=N–C) groups is 1. The molecule has 5 rings (SSSR count). The molecule has 172 valence electrons. The normalized spacial score (nSPS) is 20.7. The molecule has 2 atom stereocenters. The number of ketones is 1. The lowest BCUT2D eigenvalue weighted by atomic mass is 9.77. The fourth-order valence-electron chi connectivity index (χ4n) is 5.51. The summed E-state index contributed by atoms with van der Waals surface area (Å²) in [6.07, 6.45) is 10.4. The number of carbonyl (C=O) groups is 1. The van der Waals surface area contributed by atoms with Gasteiger partial charge in [-0.05, 0) is 66.2 Å². The number of nitroso groups, excluding NO2 is 1. The monoisotopic (exact) mass is 541 g/mol. The van der Waals surface area contributed by atoms with E-state index in [1.807, 2.05) is 6.21 Å². The summed E-state index contributed by atoms with van der Waals surface area (Å²) < 4.78 is 1.92. The highest BCUT2D eigenvalue weighted by Crippen LogP contribution is 2.50. The van der Waals surface area contributed by atoms with Gasteiger partial charge in [-0.15, -0.1) is 24.8 Å². The maximum atomic E-state index is 13.4. The van der Waals surface area contributed by atoms with Crippen LogP contribution in [0, 0.1) is 10.8 Å². The van der Waals surface area contributed by atoms with Crippen LogP contribution in [0.25, 0.3) is 16.3 Å². The Morgan fingerprint density at radius 2 is 2.06 bits per heavy atom. The fraction of sp³-hybridized carbons (Fsp3) is 0.478. The number of Topliss-reactive ketones (excluding diaryl/α,β-unsaturated/α-hetero) is 1. The second-order valence-electron chi connectivity index (χ2n) is 8.59. The van der Waals surface area contributed by atoms with E-state index in [4.69, 9.17) is 11.5 Å². The Kier molecular flexibility index (Phi) is 7.77. The molecule has 0 amide bonds. The maximum Gasteiger partial charge on any atom is 0.275 e. The van der Waals surface area contributed by atoms with E-state index in [1.54, 1.807) is 0 Å². The van der Waals surface area contributed by atoms with Gasteiger partial charge in [-0.25, -0.2) is 4.99 Å². The van der Waals surface area contributed by atoms with Crippen molar-refractivity contribution in [3.05, 3.63) is 37.7 Å². The fourth-order valence-corrected chi connectivity index (χ4v) is 6.04. The van der Waals surface area contributed by atoms with Gasteiger partial charge in [-0.2, -0.15) is 0 Å². The van der Waals surface area contributed by atoms with Crippen LogP contribution in [0.15, 0.2) is 10.7 Å². The summed E-state index contributed by atoms with van der Waals surface area (Å²) in [7, 11) is 0. The molecule has 0 aromatic heterocycles. The van der Waals surface area contributed by atoms with Crippen LogP contribution < -0.4 is 21.9 Å². The average molecular weight is 543 g/mol. The Hall–Kier alpha value is -1.38. The van der Waals surface area contributed by atoms with Crippen molar-refractivity contribution >= 4 is 74.7 Å². The van der Waals surface area contributed by atoms with Crippen molar-refractivity contribution in [3.63, 3.8) is 0 Å². The first-order valence-electron chi connectivity index (χ1n) is 10.9. The second-order valence-corrected chi connectivity index (χ2v) is 9.34. The van der Waals surface area contributed by atoms with Crippen LogP contribution in [-0.4, -0.2) is 29.3 Å². The van der Waals surface area contributed by atoms with E-state index >= 15 is 0 Å². The average Bonchev–Trinajstić information content (AvgIpc) is 3.44. The van der Waals surface area contributed by atoms with Gasteiger partial charge in [0.15, 0.2) is 5.78 Å². The zero-order valence-corrected chi connectivity index (χ0v) is 21.0. The van der Waals surface area contributed by atoms with E-state index in [0.29, 0.717) is 19.4 Å². The maximum absolute atomic E-state index is 13.4. The summed E-state index contributed by atoms with van der Waals surface area (Å²) in [6, 6.07) is -0.514. The number of nitrogens with zero attached hydrogens (tertiary/aromatic N) is 2. The number of benzene rings is 1. The van der Waals surface area contributed by atoms with Crippen molar-refractivity contribution in [2.75, 3.05) is 6.54 Å². The molecular formula is C23H28BrCl2N4O2+. The summed E-state index contributed by atoms with van der Waals surface area (Å²) >= 11 is 3.60. The molecule has 1 aromatic rings. The van der Waals surface area contributed by atoms with E-state index in [1.165, 1.54) is 0 Å². The summed E-state index contributed by atoms with van der Waals surface area (Å²) in [5, 5.41) is 2.18. The van der Waals surface area contributed by atoms with Gasteiger partial charge in [0.25, 0.3) is 5.69 Å². The SMILES string of the molecule is Cl.Cl.NCCCC[C@H](N)C(=O)C1CCCC2=C1c1c(c3c(c4c1C=NC=4Br)=CCC3)[N+]2=O. The smallest absolute Gasteiger partial charge is 0.275 e. The van der Waals surface area contributed by atoms with Gasteiger partial charge in [0.2, 0.25) is 5.70 Å². The Morgan fingerprint density at radius 1 is 1.28 bits per heavy atom. The highest BCUT2D eigenvalue weighted by atomic mass is 79.9. The summed E-state index contributed by atoms with van der Waals surface area (Å²) in [5.74, 6) is -0.265. The largest absolute Gasteiger partial charge is 0.330 e. The van der Waals surface area contributed by atoms with E-state index in [0.717, 1.165) is 92.0 Å². The lowest BCUT2D eigenvalue weighted by Crippen LogP contribution is -2.37. The first-order valence-corrected chi connectivity index (χ1v) is 11.7. The Bertz CT molecular complexity index is 1180. The van der Waals surface area contributed by atoms with Gasteiger partial charge in [-0.1, -0.05) is 12.5 Å². The zero-order chi connectivity index (χ0) is 21.0. The Balaban J connectivity index is 0.00000144. The molecule has 0 fully saturated rings. The van der Waals surface area contributed by atoms with Crippen molar-refractivity contribution in [2.45, 2.75) is 57.4 Å². The minimum Gasteiger partial charge on any atom is -0.330 e. The number of allylic oxidation sites excluding steroid dienone is 2. The van der Waals surface area contributed by atoms with E-state index in [-0.39, 0.29) is 36.5 Å². The molecule has 2 aliphatic heterocycles. The molecule has 4 N–H and O–H groups in total. The van der Waals surface area contributed by atoms with Crippen LogP contribution in [0.1, 0.15) is 61.6 Å². The first kappa shape index (κ1) is 25.2. The summed E-state index contributed by atoms with van der Waals surface area (Å²) in [4.78, 5) is 31.3. The molecule has 6 nitrogen and oxygen atoms in total. The number of hydrogen-bond acceptors (Lipinski definition) is 5. The van der Waals surface area contributed by atoms with Crippen LogP contribution in [0.3, 0.4) is 0 Å². The molecule has 1 aromatic carbocycles. The van der Waals surface area contributed by atoms with Crippen molar-refractivity contribution < 1.29 is 9.55 Å². The minimum atomic E-state index is -0.514. The summed E-state index contributed by atoms with van der Waals surface area (Å²) in [6.45, 7) is 0.608. The molecule has 2 heterocycles. The Morgan fingerprint density at radius 3 is 2.81 bits per heavy atom. The third-order valence-corrected chi connectivity index (χ3v) is 7.47. The van der Waals surface area contributed by atoms with Crippen molar-refractivity contribution in [1.29, 1.82) is 0 Å². The molecule has 0 radical (unpaired) electrons. The quantitative estimate of drug-likeness (QED) is 0.327. The van der Waals surface area contributed by atoms with Crippen LogP contribution in [0.2, 0.25) is 0 Å². The Labute approximate surface area is 207 Å².